The molecule has 0 bridgehead atoms. The normalized spacial score (nSPS) is 12.2. The highest BCUT2D eigenvalue weighted by Crippen LogP contribution is 2.33. The van der Waals surface area contributed by atoms with Crippen LogP contribution in [0.5, 0.6) is 0 Å². The molecule has 0 aliphatic heterocycles. The van der Waals surface area contributed by atoms with Crippen molar-refractivity contribution in [2.45, 2.75) is 6.10 Å². The van der Waals surface area contributed by atoms with Gasteiger partial charge in [-0.25, -0.2) is 4.79 Å². The van der Waals surface area contributed by atoms with Crippen LogP contribution in [0.25, 0.3) is 11.1 Å². The molecule has 104 valence electrons. The Labute approximate surface area is 157 Å². The molecule has 1 atom stereocenters. The van der Waals surface area contributed by atoms with Crippen molar-refractivity contribution in [2.75, 3.05) is 0 Å². The van der Waals surface area contributed by atoms with Crippen molar-refractivity contribution in [3.63, 3.8) is 0 Å². The van der Waals surface area contributed by atoms with Crippen molar-refractivity contribution >= 4 is 73.7 Å². The number of carboxylic acid groups (broad SMARTS) is 1. The van der Waals surface area contributed by atoms with Crippen molar-refractivity contribution < 1.29 is 15.0 Å². The van der Waals surface area contributed by atoms with Crippen LogP contribution in [0.2, 0.25) is 0 Å². The minimum absolute atomic E-state index is 0.403. The maximum atomic E-state index is 10.9. The lowest BCUT2D eigenvalue weighted by molar-refractivity contribution is -0.146. The van der Waals surface area contributed by atoms with E-state index in [-0.39, 0.29) is 0 Å². The summed E-state index contributed by atoms with van der Waals surface area (Å²) in [5.41, 5.74) is 2.54. The van der Waals surface area contributed by atoms with E-state index < -0.39 is 12.1 Å². The molecule has 0 aromatic heterocycles. The lowest BCUT2D eigenvalue weighted by atomic mass is 10.0. The molecule has 0 saturated carbocycles. The van der Waals surface area contributed by atoms with Crippen molar-refractivity contribution in [1.82, 2.24) is 0 Å². The minimum Gasteiger partial charge on any atom is -0.479 e. The molecule has 0 spiro atoms. The van der Waals surface area contributed by atoms with Crippen molar-refractivity contribution in [3.8, 4) is 11.1 Å². The predicted molar refractivity (Wildman–Crippen MR) is 103 cm³/mol. The highest BCUT2D eigenvalue weighted by molar-refractivity contribution is 14.1. The number of aliphatic carboxylic acids is 1. The average Bonchev–Trinajstić information content (AvgIpc) is 2.39. The van der Waals surface area contributed by atoms with Gasteiger partial charge in [0.1, 0.15) is 0 Å². The zero-order valence-electron chi connectivity index (χ0n) is 9.98. The van der Waals surface area contributed by atoms with Gasteiger partial charge in [0.15, 0.2) is 6.10 Å². The minimum atomic E-state index is -1.48. The van der Waals surface area contributed by atoms with Crippen LogP contribution in [0.1, 0.15) is 11.7 Å². The van der Waals surface area contributed by atoms with Gasteiger partial charge in [0.25, 0.3) is 0 Å². The Balaban J connectivity index is 2.51. The monoisotopic (exact) mass is 606 g/mol. The van der Waals surface area contributed by atoms with Gasteiger partial charge in [0.2, 0.25) is 0 Å². The fourth-order valence-corrected chi connectivity index (χ4v) is 4.58. The van der Waals surface area contributed by atoms with Crippen LogP contribution in [0.4, 0.5) is 0 Å². The molecule has 0 saturated heterocycles. The van der Waals surface area contributed by atoms with Gasteiger partial charge in [-0.2, -0.15) is 0 Å². The van der Waals surface area contributed by atoms with Gasteiger partial charge in [-0.15, -0.1) is 0 Å². The van der Waals surface area contributed by atoms with E-state index in [2.05, 4.69) is 67.8 Å². The molecular weight excluding hydrogens is 597 g/mol. The van der Waals surface area contributed by atoms with Crippen molar-refractivity contribution in [3.05, 3.63) is 52.7 Å². The summed E-state index contributed by atoms with van der Waals surface area (Å²) in [6.45, 7) is 0. The smallest absolute Gasteiger partial charge is 0.337 e. The highest BCUT2D eigenvalue weighted by Gasteiger charge is 2.19. The third kappa shape index (κ3) is 3.63. The molecule has 0 aliphatic rings. The summed E-state index contributed by atoms with van der Waals surface area (Å²) >= 11 is 6.59. The van der Waals surface area contributed by atoms with E-state index in [1.54, 1.807) is 12.1 Å². The quantitative estimate of drug-likeness (QED) is 0.514. The zero-order chi connectivity index (χ0) is 14.9. The van der Waals surface area contributed by atoms with Gasteiger partial charge < -0.3 is 10.2 Å². The second-order valence-corrected chi connectivity index (χ2v) is 7.68. The number of benzene rings is 2. The van der Waals surface area contributed by atoms with E-state index in [9.17, 15) is 9.90 Å². The Kier molecular flexibility index (Phi) is 5.65. The van der Waals surface area contributed by atoms with Crippen molar-refractivity contribution in [2.24, 2.45) is 0 Å². The summed E-state index contributed by atoms with van der Waals surface area (Å²) in [4.78, 5) is 10.9. The number of halogens is 3. The van der Waals surface area contributed by atoms with Gasteiger partial charge in [-0.3, -0.25) is 0 Å². The largest absolute Gasteiger partial charge is 0.479 e. The van der Waals surface area contributed by atoms with E-state index in [4.69, 9.17) is 5.11 Å². The second-order valence-electron chi connectivity index (χ2n) is 4.11. The molecule has 2 rings (SSSR count). The van der Waals surface area contributed by atoms with Gasteiger partial charge in [-0.1, -0.05) is 12.1 Å². The molecule has 2 aromatic carbocycles. The summed E-state index contributed by atoms with van der Waals surface area (Å²) in [6, 6.07) is 11.6. The summed E-state index contributed by atoms with van der Waals surface area (Å²) in [7, 11) is 0. The zero-order valence-corrected chi connectivity index (χ0v) is 16.5. The number of hydrogen-bond donors (Lipinski definition) is 2. The first-order valence-corrected chi connectivity index (χ1v) is 8.79. The Morgan fingerprint density at radius 2 is 1.50 bits per heavy atom. The first kappa shape index (κ1) is 16.4. The molecular formula is C14H9I3O3. The van der Waals surface area contributed by atoms with Crippen LogP contribution >= 0.6 is 67.8 Å². The number of hydrogen-bond acceptors (Lipinski definition) is 2. The van der Waals surface area contributed by atoms with Gasteiger partial charge >= 0.3 is 5.97 Å². The topological polar surface area (TPSA) is 57.5 Å². The van der Waals surface area contributed by atoms with Crippen LogP contribution < -0.4 is 0 Å². The summed E-state index contributed by atoms with van der Waals surface area (Å²) in [6.07, 6.45) is -1.48. The lowest BCUT2D eigenvalue weighted by Crippen LogP contribution is -2.11. The van der Waals surface area contributed by atoms with Crippen LogP contribution in [0, 0.1) is 10.7 Å². The average molecular weight is 606 g/mol. The van der Waals surface area contributed by atoms with E-state index in [0.29, 0.717) is 5.56 Å². The number of carboxylic acids is 1. The maximum Gasteiger partial charge on any atom is 0.337 e. The summed E-state index contributed by atoms with van der Waals surface area (Å²) < 4.78 is 3.01. The molecule has 1 unspecified atom stereocenters. The highest BCUT2D eigenvalue weighted by atomic mass is 127. The summed E-state index contributed by atoms with van der Waals surface area (Å²) in [5.74, 6) is -1.24. The van der Waals surface area contributed by atoms with Gasteiger partial charge in [-0.05, 0) is 103 Å². The molecule has 0 fully saturated rings. The van der Waals surface area contributed by atoms with Crippen molar-refractivity contribution in [1.29, 1.82) is 0 Å². The Morgan fingerprint density at radius 3 is 1.95 bits per heavy atom. The second kappa shape index (κ2) is 6.88. The van der Waals surface area contributed by atoms with Crippen LogP contribution in [0.15, 0.2) is 36.4 Å². The van der Waals surface area contributed by atoms with Crippen LogP contribution in [-0.2, 0) is 4.79 Å². The Hall–Kier alpha value is 0.0600. The third-order valence-electron chi connectivity index (χ3n) is 2.75. The van der Waals surface area contributed by atoms with Gasteiger partial charge in [0.05, 0.1) is 0 Å². The molecule has 2 aromatic rings. The molecule has 0 aliphatic carbocycles. The lowest BCUT2D eigenvalue weighted by Gasteiger charge is -2.13. The maximum absolute atomic E-state index is 10.9. The number of aliphatic hydroxyl groups is 1. The number of aliphatic hydroxyl groups excluding tert-OH is 1. The van der Waals surface area contributed by atoms with E-state index >= 15 is 0 Å². The predicted octanol–water partition coefficient (Wildman–Crippen LogP) is 4.29. The Morgan fingerprint density at radius 1 is 1.00 bits per heavy atom. The van der Waals surface area contributed by atoms with E-state index in [0.717, 1.165) is 21.8 Å². The van der Waals surface area contributed by atoms with E-state index in [1.165, 1.54) is 0 Å². The van der Waals surface area contributed by atoms with Crippen LogP contribution in [0.3, 0.4) is 0 Å². The number of rotatable bonds is 3. The molecule has 6 heteroatoms. The van der Waals surface area contributed by atoms with Gasteiger partial charge in [0, 0.05) is 16.3 Å². The molecule has 0 radical (unpaired) electrons. The SMILES string of the molecule is O=C(O)C(O)c1cc(I)c(-c2ccc(I)cc2)c(I)c1. The molecule has 2 N–H and O–H groups in total. The fraction of sp³-hybridized carbons (Fsp3) is 0.0714. The number of carbonyl (C=O) groups is 1. The fourth-order valence-electron chi connectivity index (χ4n) is 1.79. The molecule has 0 amide bonds. The summed E-state index contributed by atoms with van der Waals surface area (Å²) in [5, 5.41) is 18.5. The standard InChI is InChI=1S/C14H9I3O3/c15-9-3-1-7(2-4-9)12-10(16)5-8(6-11(12)17)13(18)14(19)20/h1-6,13,18H,(H,19,20). The van der Waals surface area contributed by atoms with Crippen LogP contribution in [-0.4, -0.2) is 16.2 Å². The van der Waals surface area contributed by atoms with E-state index in [1.807, 2.05) is 24.3 Å². The Bertz CT molecular complexity index is 630. The molecule has 3 nitrogen and oxygen atoms in total. The first-order valence-electron chi connectivity index (χ1n) is 5.56. The first-order chi connectivity index (χ1) is 9.40. The third-order valence-corrected chi connectivity index (χ3v) is 5.17. The molecule has 0 heterocycles. The molecule has 20 heavy (non-hydrogen) atoms.